The van der Waals surface area contributed by atoms with Crippen LogP contribution in [0.25, 0.3) is 11.5 Å². The zero-order valence-corrected chi connectivity index (χ0v) is 13.4. The van der Waals surface area contributed by atoms with Crippen LogP contribution in [0.4, 0.5) is 0 Å². The van der Waals surface area contributed by atoms with E-state index in [0.717, 1.165) is 5.56 Å². The molecular weight excluding hydrogens is 288 g/mol. The number of ether oxygens (including phenoxy) is 1. The van der Waals surface area contributed by atoms with E-state index < -0.39 is 0 Å². The predicted molar refractivity (Wildman–Crippen MR) is 81.2 cm³/mol. The molecule has 0 saturated carbocycles. The van der Waals surface area contributed by atoms with E-state index in [4.69, 9.17) is 9.15 Å². The van der Waals surface area contributed by atoms with Gasteiger partial charge in [0.2, 0.25) is 5.89 Å². The van der Waals surface area contributed by atoms with Gasteiger partial charge in [-0.1, -0.05) is 17.8 Å². The van der Waals surface area contributed by atoms with Crippen LogP contribution in [0.5, 0.6) is 0 Å². The molecular formula is C15H18N2O3S. The van der Waals surface area contributed by atoms with E-state index in [1.807, 2.05) is 39.0 Å². The van der Waals surface area contributed by atoms with E-state index in [2.05, 4.69) is 17.1 Å². The van der Waals surface area contributed by atoms with Gasteiger partial charge in [-0.05, 0) is 51.0 Å². The Kier molecular flexibility index (Phi) is 5.01. The highest BCUT2D eigenvalue weighted by Gasteiger charge is 2.13. The molecule has 6 heteroatoms. The highest BCUT2D eigenvalue weighted by atomic mass is 32.2. The standard InChI is InChI=1S/C15H18N2O3S/c1-9(2)19-13(18)8-21-15-17-16-14(20-15)12-6-5-10(3)11(4)7-12/h5-7,9H,8H2,1-4H3. The molecule has 0 amide bonds. The third-order valence-corrected chi connectivity index (χ3v) is 3.63. The minimum absolute atomic E-state index is 0.119. The van der Waals surface area contributed by atoms with Crippen molar-refractivity contribution in [3.05, 3.63) is 29.3 Å². The average Bonchev–Trinajstić information content (AvgIpc) is 2.88. The second-order valence-corrected chi connectivity index (χ2v) is 5.93. The van der Waals surface area contributed by atoms with Gasteiger partial charge in [-0.3, -0.25) is 4.79 Å². The van der Waals surface area contributed by atoms with Crippen molar-refractivity contribution in [1.82, 2.24) is 10.2 Å². The van der Waals surface area contributed by atoms with Crippen molar-refractivity contribution in [2.75, 3.05) is 5.75 Å². The summed E-state index contributed by atoms with van der Waals surface area (Å²) in [4.78, 5) is 11.5. The lowest BCUT2D eigenvalue weighted by Crippen LogP contribution is -2.13. The lowest BCUT2D eigenvalue weighted by Gasteiger charge is -2.05. The number of carbonyl (C=O) groups is 1. The number of hydrogen-bond acceptors (Lipinski definition) is 6. The zero-order chi connectivity index (χ0) is 15.4. The number of thioether (sulfide) groups is 1. The van der Waals surface area contributed by atoms with E-state index in [9.17, 15) is 4.79 Å². The summed E-state index contributed by atoms with van der Waals surface area (Å²) in [5, 5.41) is 8.31. The van der Waals surface area contributed by atoms with Gasteiger partial charge in [0.25, 0.3) is 5.22 Å². The lowest BCUT2D eigenvalue weighted by molar-refractivity contribution is -0.144. The predicted octanol–water partition coefficient (Wildman–Crippen LogP) is 3.40. The average molecular weight is 306 g/mol. The molecule has 0 atom stereocenters. The van der Waals surface area contributed by atoms with Gasteiger partial charge < -0.3 is 9.15 Å². The molecule has 0 N–H and O–H groups in total. The molecule has 0 aliphatic carbocycles. The number of rotatable bonds is 5. The maximum Gasteiger partial charge on any atom is 0.316 e. The fourth-order valence-electron chi connectivity index (χ4n) is 1.68. The summed E-state index contributed by atoms with van der Waals surface area (Å²) < 4.78 is 10.6. The smallest absolute Gasteiger partial charge is 0.316 e. The quantitative estimate of drug-likeness (QED) is 0.623. The number of aryl methyl sites for hydroxylation is 2. The fourth-order valence-corrected chi connectivity index (χ4v) is 2.22. The minimum Gasteiger partial charge on any atom is -0.462 e. The van der Waals surface area contributed by atoms with E-state index in [0.29, 0.717) is 11.1 Å². The molecule has 0 aliphatic heterocycles. The summed E-state index contributed by atoms with van der Waals surface area (Å²) in [7, 11) is 0. The van der Waals surface area contributed by atoms with Gasteiger partial charge in [0.1, 0.15) is 5.75 Å². The Morgan fingerprint density at radius 2 is 2.05 bits per heavy atom. The van der Waals surface area contributed by atoms with E-state index in [1.165, 1.54) is 22.9 Å². The first-order valence-electron chi connectivity index (χ1n) is 6.69. The van der Waals surface area contributed by atoms with Crippen molar-refractivity contribution >= 4 is 17.7 Å². The van der Waals surface area contributed by atoms with Gasteiger partial charge in [0.05, 0.1) is 6.10 Å². The summed E-state index contributed by atoms with van der Waals surface area (Å²) in [6, 6.07) is 5.96. The largest absolute Gasteiger partial charge is 0.462 e. The first-order valence-corrected chi connectivity index (χ1v) is 7.67. The van der Waals surface area contributed by atoms with Crippen LogP contribution in [0.15, 0.2) is 27.8 Å². The van der Waals surface area contributed by atoms with Gasteiger partial charge >= 0.3 is 5.97 Å². The highest BCUT2D eigenvalue weighted by molar-refractivity contribution is 7.99. The monoisotopic (exact) mass is 306 g/mol. The molecule has 1 aromatic heterocycles. The van der Waals surface area contributed by atoms with Crippen molar-refractivity contribution < 1.29 is 13.9 Å². The lowest BCUT2D eigenvalue weighted by atomic mass is 10.1. The van der Waals surface area contributed by atoms with Crippen LogP contribution in [-0.4, -0.2) is 28.0 Å². The molecule has 0 bridgehead atoms. The van der Waals surface area contributed by atoms with Crippen molar-refractivity contribution in [2.45, 2.75) is 39.0 Å². The number of carbonyl (C=O) groups excluding carboxylic acids is 1. The number of hydrogen-bond donors (Lipinski definition) is 0. The van der Waals surface area contributed by atoms with E-state index >= 15 is 0 Å². The Bertz CT molecular complexity index is 638. The van der Waals surface area contributed by atoms with Crippen LogP contribution in [0, 0.1) is 13.8 Å². The summed E-state index contributed by atoms with van der Waals surface area (Å²) in [6.45, 7) is 7.71. The fraction of sp³-hybridized carbons (Fsp3) is 0.400. The van der Waals surface area contributed by atoms with Crippen molar-refractivity contribution in [2.24, 2.45) is 0 Å². The van der Waals surface area contributed by atoms with Crippen LogP contribution in [-0.2, 0) is 9.53 Å². The molecule has 0 spiro atoms. The third kappa shape index (κ3) is 4.32. The Hall–Kier alpha value is -1.82. The van der Waals surface area contributed by atoms with Crippen molar-refractivity contribution in [1.29, 1.82) is 0 Å². The Morgan fingerprint density at radius 3 is 2.71 bits per heavy atom. The number of benzene rings is 1. The molecule has 1 aromatic carbocycles. The second-order valence-electron chi connectivity index (χ2n) is 5.00. The number of esters is 1. The number of aromatic nitrogens is 2. The first kappa shape index (κ1) is 15.6. The molecule has 0 unspecified atom stereocenters. The number of nitrogens with zero attached hydrogens (tertiary/aromatic N) is 2. The van der Waals surface area contributed by atoms with Crippen LogP contribution in [0.3, 0.4) is 0 Å². The SMILES string of the molecule is Cc1ccc(-c2nnc(SCC(=O)OC(C)C)o2)cc1C. The first-order chi connectivity index (χ1) is 9.95. The molecule has 2 aromatic rings. The van der Waals surface area contributed by atoms with Gasteiger partial charge in [-0.2, -0.15) is 0 Å². The molecule has 112 valence electrons. The van der Waals surface area contributed by atoms with E-state index in [1.54, 1.807) is 0 Å². The molecule has 0 aliphatic rings. The molecule has 21 heavy (non-hydrogen) atoms. The van der Waals surface area contributed by atoms with Crippen molar-refractivity contribution in [3.8, 4) is 11.5 Å². The summed E-state index contributed by atoms with van der Waals surface area (Å²) in [5.41, 5.74) is 3.26. The maximum atomic E-state index is 11.5. The Balaban J connectivity index is 2.01. The summed E-state index contributed by atoms with van der Waals surface area (Å²) in [6.07, 6.45) is -0.119. The Morgan fingerprint density at radius 1 is 1.29 bits per heavy atom. The third-order valence-electron chi connectivity index (χ3n) is 2.84. The molecule has 0 fully saturated rings. The van der Waals surface area contributed by atoms with E-state index in [-0.39, 0.29) is 17.8 Å². The van der Waals surface area contributed by atoms with Gasteiger partial charge in [-0.15, -0.1) is 10.2 Å². The van der Waals surface area contributed by atoms with Crippen LogP contribution < -0.4 is 0 Å². The second kappa shape index (κ2) is 6.76. The van der Waals surface area contributed by atoms with Gasteiger partial charge in [0, 0.05) is 5.56 Å². The topological polar surface area (TPSA) is 65.2 Å². The maximum absolute atomic E-state index is 11.5. The molecule has 1 heterocycles. The Labute approximate surface area is 128 Å². The van der Waals surface area contributed by atoms with Crippen LogP contribution in [0.2, 0.25) is 0 Å². The van der Waals surface area contributed by atoms with Crippen LogP contribution in [0.1, 0.15) is 25.0 Å². The highest BCUT2D eigenvalue weighted by Crippen LogP contribution is 2.24. The molecule has 5 nitrogen and oxygen atoms in total. The normalized spacial score (nSPS) is 10.9. The molecule has 0 saturated heterocycles. The van der Waals surface area contributed by atoms with Gasteiger partial charge in [0.15, 0.2) is 0 Å². The summed E-state index contributed by atoms with van der Waals surface area (Å²) >= 11 is 1.18. The summed E-state index contributed by atoms with van der Waals surface area (Å²) in [5.74, 6) is 0.325. The zero-order valence-electron chi connectivity index (χ0n) is 12.5. The minimum atomic E-state index is -0.291. The molecule has 2 rings (SSSR count). The van der Waals surface area contributed by atoms with Gasteiger partial charge in [-0.25, -0.2) is 0 Å². The molecule has 0 radical (unpaired) electrons. The van der Waals surface area contributed by atoms with Crippen LogP contribution >= 0.6 is 11.8 Å². The van der Waals surface area contributed by atoms with Crippen molar-refractivity contribution in [3.63, 3.8) is 0 Å².